The number of hydrogen-bond acceptors (Lipinski definition) is 5. The molecule has 0 fully saturated rings. The Bertz CT molecular complexity index is 638. The molecule has 0 radical (unpaired) electrons. The molecule has 0 aliphatic carbocycles. The number of carbonyl (C=O) groups is 2. The van der Waals surface area contributed by atoms with Gasteiger partial charge < -0.3 is 9.47 Å². The SMILES string of the molecule is COC(=O)c1cccc(OC)c1C(=O)c1ccncc1. The van der Waals surface area contributed by atoms with E-state index in [1.807, 2.05) is 0 Å². The van der Waals surface area contributed by atoms with Crippen LogP contribution in [0.15, 0.2) is 42.7 Å². The number of nitrogens with zero attached hydrogens (tertiary/aromatic N) is 1. The van der Waals surface area contributed by atoms with Gasteiger partial charge in [-0.1, -0.05) is 6.07 Å². The van der Waals surface area contributed by atoms with E-state index < -0.39 is 5.97 Å². The highest BCUT2D eigenvalue weighted by Crippen LogP contribution is 2.25. The van der Waals surface area contributed by atoms with E-state index in [1.54, 1.807) is 24.3 Å². The van der Waals surface area contributed by atoms with Crippen molar-refractivity contribution in [3.8, 4) is 5.75 Å². The third kappa shape index (κ3) is 2.51. The van der Waals surface area contributed by atoms with Gasteiger partial charge in [0, 0.05) is 18.0 Å². The Morgan fingerprint density at radius 2 is 1.75 bits per heavy atom. The smallest absolute Gasteiger partial charge is 0.338 e. The Morgan fingerprint density at radius 1 is 1.05 bits per heavy atom. The summed E-state index contributed by atoms with van der Waals surface area (Å²) in [4.78, 5) is 28.2. The number of carbonyl (C=O) groups excluding carboxylic acids is 2. The minimum atomic E-state index is -0.582. The number of esters is 1. The lowest BCUT2D eigenvalue weighted by molar-refractivity contribution is 0.0597. The molecule has 0 amide bonds. The lowest BCUT2D eigenvalue weighted by Crippen LogP contribution is -2.13. The first-order chi connectivity index (χ1) is 9.69. The van der Waals surface area contributed by atoms with Crippen LogP contribution in [-0.2, 0) is 4.74 Å². The number of benzene rings is 1. The predicted octanol–water partition coefficient (Wildman–Crippen LogP) is 2.11. The zero-order valence-corrected chi connectivity index (χ0v) is 11.1. The summed E-state index contributed by atoms with van der Waals surface area (Å²) in [6, 6.07) is 7.95. The van der Waals surface area contributed by atoms with Gasteiger partial charge in [-0.3, -0.25) is 9.78 Å². The number of pyridine rings is 1. The second-order valence-corrected chi connectivity index (χ2v) is 3.94. The van der Waals surface area contributed by atoms with Crippen molar-refractivity contribution in [3.05, 3.63) is 59.4 Å². The number of hydrogen-bond donors (Lipinski definition) is 0. The lowest BCUT2D eigenvalue weighted by Gasteiger charge is -2.11. The molecular formula is C15H13NO4. The fourth-order valence-corrected chi connectivity index (χ4v) is 1.86. The topological polar surface area (TPSA) is 65.5 Å². The number of rotatable bonds is 4. The average Bonchev–Trinajstić information content (AvgIpc) is 2.53. The third-order valence-corrected chi connectivity index (χ3v) is 2.82. The quantitative estimate of drug-likeness (QED) is 0.629. The van der Waals surface area contributed by atoms with Crippen molar-refractivity contribution in [1.82, 2.24) is 4.98 Å². The van der Waals surface area contributed by atoms with Gasteiger partial charge in [0.25, 0.3) is 0 Å². The molecule has 20 heavy (non-hydrogen) atoms. The summed E-state index contributed by atoms with van der Waals surface area (Å²) in [5, 5.41) is 0. The van der Waals surface area contributed by atoms with Crippen LogP contribution in [0, 0.1) is 0 Å². The molecule has 0 saturated heterocycles. The molecule has 0 bridgehead atoms. The maximum absolute atomic E-state index is 12.6. The van der Waals surface area contributed by atoms with Gasteiger partial charge in [0.2, 0.25) is 0 Å². The van der Waals surface area contributed by atoms with Crippen LogP contribution in [0.5, 0.6) is 5.75 Å². The molecule has 0 N–H and O–H groups in total. The summed E-state index contributed by atoms with van der Waals surface area (Å²) < 4.78 is 9.88. The minimum Gasteiger partial charge on any atom is -0.496 e. The molecule has 0 spiro atoms. The standard InChI is InChI=1S/C15H13NO4/c1-19-12-5-3-4-11(15(18)20-2)13(12)14(17)10-6-8-16-9-7-10/h3-9H,1-2H3. The van der Waals surface area contributed by atoms with Crippen LogP contribution in [0.2, 0.25) is 0 Å². The van der Waals surface area contributed by atoms with Crippen LogP contribution in [0.1, 0.15) is 26.3 Å². The average molecular weight is 271 g/mol. The van der Waals surface area contributed by atoms with Gasteiger partial charge >= 0.3 is 5.97 Å². The first-order valence-corrected chi connectivity index (χ1v) is 5.89. The van der Waals surface area contributed by atoms with Gasteiger partial charge in [0.05, 0.1) is 25.3 Å². The number of ketones is 1. The zero-order chi connectivity index (χ0) is 14.5. The van der Waals surface area contributed by atoms with Gasteiger partial charge in [-0.25, -0.2) is 4.79 Å². The normalized spacial score (nSPS) is 9.90. The predicted molar refractivity (Wildman–Crippen MR) is 72.0 cm³/mol. The van der Waals surface area contributed by atoms with Crippen LogP contribution < -0.4 is 4.74 Å². The van der Waals surface area contributed by atoms with Crippen molar-refractivity contribution in [2.24, 2.45) is 0 Å². The first-order valence-electron chi connectivity index (χ1n) is 5.89. The number of ether oxygens (including phenoxy) is 2. The van der Waals surface area contributed by atoms with Crippen LogP contribution in [0.4, 0.5) is 0 Å². The highest BCUT2D eigenvalue weighted by molar-refractivity contribution is 6.16. The van der Waals surface area contributed by atoms with Crippen molar-refractivity contribution >= 4 is 11.8 Å². The number of aromatic nitrogens is 1. The van der Waals surface area contributed by atoms with E-state index in [0.717, 1.165) is 0 Å². The molecule has 0 unspecified atom stereocenters. The largest absolute Gasteiger partial charge is 0.496 e. The molecule has 5 nitrogen and oxygen atoms in total. The molecule has 1 aromatic heterocycles. The summed E-state index contributed by atoms with van der Waals surface area (Å²) in [7, 11) is 2.71. The van der Waals surface area contributed by atoms with Crippen LogP contribution in [-0.4, -0.2) is 31.0 Å². The Morgan fingerprint density at radius 3 is 2.35 bits per heavy atom. The fourth-order valence-electron chi connectivity index (χ4n) is 1.86. The Hall–Kier alpha value is -2.69. The summed E-state index contributed by atoms with van der Waals surface area (Å²) in [6.45, 7) is 0. The van der Waals surface area contributed by atoms with Crippen LogP contribution in [0.3, 0.4) is 0 Å². The molecule has 2 aromatic rings. The monoisotopic (exact) mass is 271 g/mol. The summed E-state index contributed by atoms with van der Waals surface area (Å²) >= 11 is 0. The second-order valence-electron chi connectivity index (χ2n) is 3.94. The van der Waals surface area contributed by atoms with Gasteiger partial charge in [-0.05, 0) is 24.3 Å². The van der Waals surface area contributed by atoms with E-state index in [1.165, 1.54) is 32.7 Å². The molecule has 0 atom stereocenters. The van der Waals surface area contributed by atoms with Crippen LogP contribution >= 0.6 is 0 Å². The molecule has 1 aromatic carbocycles. The van der Waals surface area contributed by atoms with Crippen molar-refractivity contribution in [2.75, 3.05) is 14.2 Å². The molecule has 0 saturated carbocycles. The first kappa shape index (κ1) is 13.7. The van der Waals surface area contributed by atoms with Crippen molar-refractivity contribution in [2.45, 2.75) is 0 Å². The molecule has 1 heterocycles. The summed E-state index contributed by atoms with van der Waals surface area (Å²) in [6.07, 6.45) is 3.03. The third-order valence-electron chi connectivity index (χ3n) is 2.82. The fraction of sp³-hybridized carbons (Fsp3) is 0.133. The lowest BCUT2D eigenvalue weighted by atomic mass is 9.98. The van der Waals surface area contributed by atoms with E-state index in [9.17, 15) is 9.59 Å². The maximum atomic E-state index is 12.6. The van der Waals surface area contributed by atoms with Crippen molar-refractivity contribution in [3.63, 3.8) is 0 Å². The van der Waals surface area contributed by atoms with Gasteiger partial charge in [-0.15, -0.1) is 0 Å². The van der Waals surface area contributed by atoms with Crippen LogP contribution in [0.25, 0.3) is 0 Å². The van der Waals surface area contributed by atoms with E-state index in [2.05, 4.69) is 4.98 Å². The van der Waals surface area contributed by atoms with E-state index in [4.69, 9.17) is 9.47 Å². The molecule has 0 aliphatic rings. The van der Waals surface area contributed by atoms with E-state index >= 15 is 0 Å². The molecule has 102 valence electrons. The molecule has 5 heteroatoms. The maximum Gasteiger partial charge on any atom is 0.338 e. The summed E-state index contributed by atoms with van der Waals surface area (Å²) in [5.74, 6) is -0.568. The Labute approximate surface area is 116 Å². The number of methoxy groups -OCH3 is 2. The van der Waals surface area contributed by atoms with Crippen molar-refractivity contribution in [1.29, 1.82) is 0 Å². The Balaban J connectivity index is 2.59. The zero-order valence-electron chi connectivity index (χ0n) is 11.1. The van der Waals surface area contributed by atoms with Gasteiger partial charge in [-0.2, -0.15) is 0 Å². The van der Waals surface area contributed by atoms with E-state index in [0.29, 0.717) is 11.3 Å². The Kier molecular flexibility index (Phi) is 4.10. The van der Waals surface area contributed by atoms with Gasteiger partial charge in [0.1, 0.15) is 5.75 Å². The minimum absolute atomic E-state index is 0.175. The molecule has 2 rings (SSSR count). The van der Waals surface area contributed by atoms with E-state index in [-0.39, 0.29) is 16.9 Å². The highest BCUT2D eigenvalue weighted by Gasteiger charge is 2.23. The van der Waals surface area contributed by atoms with Crippen molar-refractivity contribution < 1.29 is 19.1 Å². The highest BCUT2D eigenvalue weighted by atomic mass is 16.5. The summed E-state index contributed by atoms with van der Waals surface area (Å²) in [5.41, 5.74) is 0.788. The van der Waals surface area contributed by atoms with Gasteiger partial charge in [0.15, 0.2) is 5.78 Å². The second kappa shape index (κ2) is 5.97. The molecule has 0 aliphatic heterocycles. The molecular weight excluding hydrogens is 258 g/mol.